The Morgan fingerprint density at radius 1 is 1.13 bits per heavy atom. The van der Waals surface area contributed by atoms with Gasteiger partial charge in [-0.25, -0.2) is 16.1 Å². The van der Waals surface area contributed by atoms with E-state index in [9.17, 15) is 9.59 Å². The molecular weight excluding hydrogens is 478 g/mol. The highest BCUT2D eigenvalue weighted by Crippen LogP contribution is 2.45. The number of benzene rings is 1. The molecule has 1 saturated heterocycles. The number of cyclic esters (lactones) is 1. The van der Waals surface area contributed by atoms with Gasteiger partial charge in [-0.3, -0.25) is 9.59 Å². The Hall–Kier alpha value is -3.60. The van der Waals surface area contributed by atoms with E-state index in [1.807, 2.05) is 26.0 Å². The molecule has 3 heterocycles. The minimum absolute atomic E-state index is 0.0745. The number of fused-ring (bicyclic) bond motifs is 1. The standard InChI is InChI=1S/C30H35N5O3/c1-5-22-15-21(10-11-23(22)18-31-4)12-13-30(24-8-6-7-9-24)17-26(36)25(28(37)38-30)16-27-33-29-32-19(2)14-20(3)35(29)34-27/h10-11,14-15,24-25H,5-9,12-13,16-18H2,1-3H3. The zero-order chi connectivity index (χ0) is 26.9. The van der Waals surface area contributed by atoms with Crippen molar-refractivity contribution in [3.05, 3.63) is 69.6 Å². The van der Waals surface area contributed by atoms with Crippen LogP contribution in [-0.2, 0) is 40.1 Å². The van der Waals surface area contributed by atoms with Crippen LogP contribution in [0.25, 0.3) is 10.6 Å². The average molecular weight is 514 g/mol. The minimum Gasteiger partial charge on any atom is -0.458 e. The summed E-state index contributed by atoms with van der Waals surface area (Å²) in [5.74, 6) is -0.303. The first-order chi connectivity index (χ1) is 18.3. The fourth-order valence-corrected chi connectivity index (χ4v) is 6.31. The summed E-state index contributed by atoms with van der Waals surface area (Å²) in [5, 5.41) is 4.51. The third-order valence-electron chi connectivity index (χ3n) is 8.34. The van der Waals surface area contributed by atoms with E-state index in [0.717, 1.165) is 61.0 Å². The maximum Gasteiger partial charge on any atom is 0.317 e. The number of ether oxygens (including phenoxy) is 1. The lowest BCUT2D eigenvalue weighted by atomic mass is 9.73. The fourth-order valence-electron chi connectivity index (χ4n) is 6.31. The first-order valence-electron chi connectivity index (χ1n) is 13.7. The Kier molecular flexibility index (Phi) is 7.29. The SMILES string of the molecule is [C-]#[N+]Cc1ccc(CCC2(C3CCCC3)CC(=O)C(Cc3nc4nc(C)cc(C)n4n3)C(=O)O2)cc1CC. The Morgan fingerprint density at radius 3 is 2.63 bits per heavy atom. The number of rotatable bonds is 8. The molecule has 2 fully saturated rings. The van der Waals surface area contributed by atoms with Crippen molar-refractivity contribution >= 4 is 17.5 Å². The zero-order valence-corrected chi connectivity index (χ0v) is 22.5. The molecule has 38 heavy (non-hydrogen) atoms. The average Bonchev–Trinajstić information content (AvgIpc) is 3.57. The second-order valence-electron chi connectivity index (χ2n) is 10.9. The molecule has 3 aromatic rings. The van der Waals surface area contributed by atoms with Crippen molar-refractivity contribution in [3.63, 3.8) is 0 Å². The van der Waals surface area contributed by atoms with Crippen LogP contribution >= 0.6 is 0 Å². The lowest BCUT2D eigenvalue weighted by Gasteiger charge is -2.43. The Bertz CT molecular complexity index is 1400. The molecule has 8 heteroatoms. The van der Waals surface area contributed by atoms with Crippen LogP contribution in [0.4, 0.5) is 0 Å². The maximum absolute atomic E-state index is 13.5. The molecular formula is C30H35N5O3. The number of hydrogen-bond donors (Lipinski definition) is 0. The van der Waals surface area contributed by atoms with E-state index >= 15 is 0 Å². The third kappa shape index (κ3) is 5.07. The molecule has 0 N–H and O–H groups in total. The van der Waals surface area contributed by atoms with Gasteiger partial charge in [0.25, 0.3) is 5.78 Å². The summed E-state index contributed by atoms with van der Waals surface area (Å²) in [6, 6.07) is 8.21. The highest BCUT2D eigenvalue weighted by molar-refractivity contribution is 6.01. The maximum atomic E-state index is 13.5. The summed E-state index contributed by atoms with van der Waals surface area (Å²) >= 11 is 0. The zero-order valence-electron chi connectivity index (χ0n) is 22.5. The molecule has 2 aliphatic rings. The summed E-state index contributed by atoms with van der Waals surface area (Å²) in [5.41, 5.74) is 4.40. The molecule has 1 aromatic carbocycles. The van der Waals surface area contributed by atoms with Gasteiger partial charge in [-0.2, -0.15) is 4.98 Å². The van der Waals surface area contributed by atoms with Gasteiger partial charge in [0.15, 0.2) is 11.6 Å². The van der Waals surface area contributed by atoms with E-state index in [2.05, 4.69) is 39.0 Å². The number of aromatic nitrogens is 4. The Labute approximate surface area is 223 Å². The molecule has 1 saturated carbocycles. The lowest BCUT2D eigenvalue weighted by molar-refractivity contribution is -0.185. The molecule has 8 nitrogen and oxygen atoms in total. The van der Waals surface area contributed by atoms with Crippen molar-refractivity contribution in [2.75, 3.05) is 0 Å². The van der Waals surface area contributed by atoms with Gasteiger partial charge < -0.3 is 9.58 Å². The molecule has 2 aromatic heterocycles. The minimum atomic E-state index is -0.886. The molecule has 0 bridgehead atoms. The lowest BCUT2D eigenvalue weighted by Crippen LogP contribution is -2.52. The Morgan fingerprint density at radius 2 is 1.92 bits per heavy atom. The quantitative estimate of drug-likeness (QED) is 0.240. The van der Waals surface area contributed by atoms with E-state index in [1.54, 1.807) is 4.52 Å². The van der Waals surface area contributed by atoms with Gasteiger partial charge in [0.2, 0.25) is 6.54 Å². The normalized spacial score (nSPS) is 22.1. The van der Waals surface area contributed by atoms with Gasteiger partial charge in [0, 0.05) is 29.8 Å². The van der Waals surface area contributed by atoms with Crippen LogP contribution in [0.2, 0.25) is 0 Å². The van der Waals surface area contributed by atoms with E-state index in [4.69, 9.17) is 11.3 Å². The van der Waals surface area contributed by atoms with Gasteiger partial charge in [-0.15, -0.1) is 5.10 Å². The number of Topliss-reactive ketones (excluding diaryl/α,β-unsaturated/α-hetero) is 1. The summed E-state index contributed by atoms with van der Waals surface area (Å²) in [7, 11) is 0. The Balaban J connectivity index is 1.35. The first-order valence-corrected chi connectivity index (χ1v) is 13.7. The number of carbonyl (C=O) groups is 2. The predicted octanol–water partition coefficient (Wildman–Crippen LogP) is 4.96. The number of ketones is 1. The number of esters is 1. The van der Waals surface area contributed by atoms with E-state index in [0.29, 0.717) is 24.6 Å². The van der Waals surface area contributed by atoms with Crippen molar-refractivity contribution in [3.8, 4) is 0 Å². The molecule has 0 spiro atoms. The van der Waals surface area contributed by atoms with Crippen LogP contribution in [0.15, 0.2) is 24.3 Å². The molecule has 1 aliphatic heterocycles. The van der Waals surface area contributed by atoms with E-state index in [-0.39, 0.29) is 24.5 Å². The second-order valence-corrected chi connectivity index (χ2v) is 10.9. The van der Waals surface area contributed by atoms with Crippen LogP contribution in [-0.4, -0.2) is 36.9 Å². The van der Waals surface area contributed by atoms with E-state index in [1.165, 1.54) is 5.56 Å². The monoisotopic (exact) mass is 513 g/mol. The molecule has 2 unspecified atom stereocenters. The van der Waals surface area contributed by atoms with Crippen molar-refractivity contribution in [1.29, 1.82) is 0 Å². The van der Waals surface area contributed by atoms with Crippen LogP contribution < -0.4 is 0 Å². The van der Waals surface area contributed by atoms with Crippen molar-refractivity contribution in [2.45, 2.75) is 90.7 Å². The highest BCUT2D eigenvalue weighted by Gasteiger charge is 2.51. The van der Waals surface area contributed by atoms with Gasteiger partial charge in [0.05, 0.1) is 0 Å². The molecule has 2 atom stereocenters. The number of carbonyl (C=O) groups excluding carboxylic acids is 2. The van der Waals surface area contributed by atoms with Gasteiger partial charge >= 0.3 is 5.97 Å². The molecule has 1 aliphatic carbocycles. The smallest absolute Gasteiger partial charge is 0.317 e. The molecule has 5 rings (SSSR count). The number of hydrogen-bond acceptors (Lipinski definition) is 6. The van der Waals surface area contributed by atoms with Crippen molar-refractivity contribution in [2.24, 2.45) is 11.8 Å². The summed E-state index contributed by atoms with van der Waals surface area (Å²) in [4.78, 5) is 39.4. The largest absolute Gasteiger partial charge is 0.458 e. The van der Waals surface area contributed by atoms with Crippen molar-refractivity contribution < 1.29 is 14.3 Å². The van der Waals surface area contributed by atoms with Crippen LogP contribution in [0.3, 0.4) is 0 Å². The molecule has 0 radical (unpaired) electrons. The van der Waals surface area contributed by atoms with Gasteiger partial charge in [-0.1, -0.05) is 38.0 Å². The fraction of sp³-hybridized carbons (Fsp3) is 0.533. The first kappa shape index (κ1) is 26.0. The molecule has 198 valence electrons. The summed E-state index contributed by atoms with van der Waals surface area (Å²) in [6.45, 7) is 13.5. The van der Waals surface area contributed by atoms with E-state index < -0.39 is 17.5 Å². The summed E-state index contributed by atoms with van der Waals surface area (Å²) < 4.78 is 7.94. The van der Waals surface area contributed by atoms with Crippen LogP contribution in [0.5, 0.6) is 0 Å². The summed E-state index contributed by atoms with van der Waals surface area (Å²) in [6.07, 6.45) is 6.76. The molecule has 0 amide bonds. The topological polar surface area (TPSA) is 90.8 Å². The van der Waals surface area contributed by atoms with Gasteiger partial charge in [0.1, 0.15) is 11.5 Å². The number of nitrogens with zero attached hydrogens (tertiary/aromatic N) is 5. The predicted molar refractivity (Wildman–Crippen MR) is 142 cm³/mol. The second kappa shape index (κ2) is 10.6. The number of aryl methyl sites for hydroxylation is 4. The van der Waals surface area contributed by atoms with Crippen LogP contribution in [0.1, 0.15) is 79.4 Å². The van der Waals surface area contributed by atoms with Gasteiger partial charge in [-0.05, 0) is 69.1 Å². The highest BCUT2D eigenvalue weighted by atomic mass is 16.6. The third-order valence-corrected chi connectivity index (χ3v) is 8.34. The van der Waals surface area contributed by atoms with Crippen LogP contribution in [0, 0.1) is 32.3 Å². The van der Waals surface area contributed by atoms with Crippen molar-refractivity contribution in [1.82, 2.24) is 19.6 Å².